The maximum absolute atomic E-state index is 13.2. The summed E-state index contributed by atoms with van der Waals surface area (Å²) in [5, 5.41) is 0. The molecule has 0 saturated heterocycles. The Hall–Kier alpha value is -1.95. The fraction of sp³-hybridized carbons (Fsp3) is 0.200. The van der Waals surface area contributed by atoms with Crippen molar-refractivity contribution in [2.75, 3.05) is 0 Å². The van der Waals surface area contributed by atoms with Crippen LogP contribution in [0.2, 0.25) is 0 Å². The van der Waals surface area contributed by atoms with Crippen LogP contribution >= 0.6 is 0 Å². The maximum Gasteiger partial charge on any atom is 0.455 e. The third-order valence-corrected chi connectivity index (χ3v) is 3.15. The second-order valence-corrected chi connectivity index (χ2v) is 4.59. The second kappa shape index (κ2) is 5.44. The lowest BCUT2D eigenvalue weighted by Crippen LogP contribution is -2.45. The van der Waals surface area contributed by atoms with Crippen LogP contribution in [-0.2, 0) is 0 Å². The van der Waals surface area contributed by atoms with E-state index in [1.54, 1.807) is 24.3 Å². The predicted octanol–water partition coefficient (Wildman–Crippen LogP) is 4.55. The van der Waals surface area contributed by atoms with Gasteiger partial charge >= 0.3 is 12.1 Å². The Morgan fingerprint density at radius 3 is 1.67 bits per heavy atom. The lowest BCUT2D eigenvalue weighted by molar-refractivity contribution is -0.291. The van der Waals surface area contributed by atoms with Crippen molar-refractivity contribution in [2.45, 2.75) is 18.1 Å². The first-order chi connectivity index (χ1) is 9.73. The van der Waals surface area contributed by atoms with Gasteiger partial charge in [-0.15, -0.1) is 0 Å². The lowest BCUT2D eigenvalue weighted by atomic mass is 9.97. The van der Waals surface area contributed by atoms with Gasteiger partial charge in [0.2, 0.25) is 0 Å². The van der Waals surface area contributed by atoms with Crippen LogP contribution in [0.25, 0.3) is 11.1 Å². The van der Waals surface area contributed by atoms with Crippen molar-refractivity contribution in [3.8, 4) is 11.1 Å². The highest BCUT2D eigenvalue weighted by atomic mass is 19.4. The van der Waals surface area contributed by atoms with Gasteiger partial charge in [0.05, 0.1) is 0 Å². The van der Waals surface area contributed by atoms with Crippen molar-refractivity contribution in [3.63, 3.8) is 0 Å². The van der Waals surface area contributed by atoms with Crippen LogP contribution in [0.5, 0.6) is 0 Å². The van der Waals surface area contributed by atoms with E-state index in [1.165, 1.54) is 24.3 Å². The highest BCUT2D eigenvalue weighted by Crippen LogP contribution is 2.43. The van der Waals surface area contributed by atoms with E-state index < -0.39 is 18.1 Å². The molecule has 6 heteroatoms. The zero-order chi connectivity index (χ0) is 15.7. The number of rotatable bonds is 3. The SMILES string of the molecule is NC(c1ccc(-c2ccccc2)cc1)C(F)(F)C(F)(F)F. The van der Waals surface area contributed by atoms with Crippen molar-refractivity contribution < 1.29 is 22.0 Å². The van der Waals surface area contributed by atoms with E-state index in [0.717, 1.165) is 5.56 Å². The average Bonchev–Trinajstić information content (AvgIpc) is 2.46. The molecule has 0 aliphatic carbocycles. The fourth-order valence-corrected chi connectivity index (χ4v) is 1.90. The molecule has 2 rings (SSSR count). The topological polar surface area (TPSA) is 26.0 Å². The molecule has 0 aromatic heterocycles. The van der Waals surface area contributed by atoms with Gasteiger partial charge in [0, 0.05) is 0 Å². The Bertz CT molecular complexity index is 590. The van der Waals surface area contributed by atoms with Gasteiger partial charge in [-0.3, -0.25) is 0 Å². The molecule has 0 aliphatic heterocycles. The van der Waals surface area contributed by atoms with Crippen LogP contribution in [0, 0.1) is 0 Å². The summed E-state index contributed by atoms with van der Waals surface area (Å²) in [4.78, 5) is 0. The molecule has 0 bridgehead atoms. The molecule has 2 aromatic rings. The number of halogens is 5. The zero-order valence-corrected chi connectivity index (χ0v) is 10.7. The van der Waals surface area contributed by atoms with E-state index in [9.17, 15) is 22.0 Å². The summed E-state index contributed by atoms with van der Waals surface area (Å²) in [6.45, 7) is 0. The Morgan fingerprint density at radius 1 is 0.714 bits per heavy atom. The molecule has 0 heterocycles. The third-order valence-electron chi connectivity index (χ3n) is 3.15. The van der Waals surface area contributed by atoms with Crippen molar-refractivity contribution in [1.82, 2.24) is 0 Å². The minimum atomic E-state index is -5.68. The molecule has 2 N–H and O–H groups in total. The number of nitrogens with two attached hydrogens (primary N) is 1. The van der Waals surface area contributed by atoms with Gasteiger partial charge in [-0.1, -0.05) is 54.6 Å². The highest BCUT2D eigenvalue weighted by molar-refractivity contribution is 5.63. The molecule has 2 aromatic carbocycles. The largest absolute Gasteiger partial charge is 0.455 e. The van der Waals surface area contributed by atoms with E-state index in [1.807, 2.05) is 6.07 Å². The van der Waals surface area contributed by atoms with E-state index in [2.05, 4.69) is 0 Å². The average molecular weight is 301 g/mol. The van der Waals surface area contributed by atoms with Gasteiger partial charge < -0.3 is 5.73 Å². The molecule has 1 unspecified atom stereocenters. The van der Waals surface area contributed by atoms with Gasteiger partial charge in [-0.05, 0) is 16.7 Å². The van der Waals surface area contributed by atoms with Gasteiger partial charge in [-0.2, -0.15) is 22.0 Å². The smallest absolute Gasteiger partial charge is 0.319 e. The van der Waals surface area contributed by atoms with Crippen molar-refractivity contribution in [1.29, 1.82) is 0 Å². The molecule has 0 spiro atoms. The summed E-state index contributed by atoms with van der Waals surface area (Å²) in [5.74, 6) is -4.97. The maximum atomic E-state index is 13.2. The Kier molecular flexibility index (Phi) is 4.00. The van der Waals surface area contributed by atoms with Crippen LogP contribution in [0.4, 0.5) is 22.0 Å². The van der Waals surface area contributed by atoms with E-state index in [0.29, 0.717) is 5.56 Å². The van der Waals surface area contributed by atoms with Gasteiger partial charge in [0.15, 0.2) is 0 Å². The zero-order valence-electron chi connectivity index (χ0n) is 10.7. The van der Waals surface area contributed by atoms with Gasteiger partial charge in [0.25, 0.3) is 0 Å². The third kappa shape index (κ3) is 3.05. The number of hydrogen-bond acceptors (Lipinski definition) is 1. The first kappa shape index (κ1) is 15.4. The minimum Gasteiger partial charge on any atom is -0.319 e. The second-order valence-electron chi connectivity index (χ2n) is 4.59. The summed E-state index contributed by atoms with van der Waals surface area (Å²) < 4.78 is 63.2. The standard InChI is InChI=1S/C15H12F5N/c16-14(17,15(18,19)20)13(21)12-8-6-11(7-9-12)10-4-2-1-3-5-10/h1-9,13H,21H2. The lowest BCUT2D eigenvalue weighted by Gasteiger charge is -2.26. The van der Waals surface area contributed by atoms with E-state index >= 15 is 0 Å². The fourth-order valence-electron chi connectivity index (χ4n) is 1.90. The van der Waals surface area contributed by atoms with E-state index in [-0.39, 0.29) is 5.56 Å². The molecule has 21 heavy (non-hydrogen) atoms. The monoisotopic (exact) mass is 301 g/mol. The number of alkyl halides is 5. The quantitative estimate of drug-likeness (QED) is 0.827. The minimum absolute atomic E-state index is 0.267. The molecule has 1 nitrogen and oxygen atoms in total. The Balaban J connectivity index is 2.27. The molecular weight excluding hydrogens is 289 g/mol. The van der Waals surface area contributed by atoms with Crippen LogP contribution in [-0.4, -0.2) is 12.1 Å². The van der Waals surface area contributed by atoms with Crippen molar-refractivity contribution in [3.05, 3.63) is 60.2 Å². The summed E-state index contributed by atoms with van der Waals surface area (Å²) in [6, 6.07) is 11.9. The molecule has 0 radical (unpaired) electrons. The molecule has 0 amide bonds. The van der Waals surface area contributed by atoms with Crippen molar-refractivity contribution >= 4 is 0 Å². The molecule has 112 valence electrons. The first-order valence-electron chi connectivity index (χ1n) is 6.09. The van der Waals surface area contributed by atoms with E-state index in [4.69, 9.17) is 5.73 Å². The van der Waals surface area contributed by atoms with Crippen LogP contribution in [0.3, 0.4) is 0 Å². The highest BCUT2D eigenvalue weighted by Gasteiger charge is 2.61. The summed E-state index contributed by atoms with van der Waals surface area (Å²) >= 11 is 0. The predicted molar refractivity (Wildman–Crippen MR) is 69.8 cm³/mol. The first-order valence-corrected chi connectivity index (χ1v) is 6.09. The van der Waals surface area contributed by atoms with Crippen molar-refractivity contribution in [2.24, 2.45) is 5.73 Å². The van der Waals surface area contributed by atoms with Crippen LogP contribution in [0.15, 0.2) is 54.6 Å². The molecular formula is C15H12F5N. The molecule has 0 saturated carbocycles. The number of benzene rings is 2. The van der Waals surface area contributed by atoms with Crippen LogP contribution in [0.1, 0.15) is 11.6 Å². The number of hydrogen-bond donors (Lipinski definition) is 1. The molecule has 0 aliphatic rings. The summed E-state index contributed by atoms with van der Waals surface area (Å²) in [7, 11) is 0. The van der Waals surface area contributed by atoms with Crippen LogP contribution < -0.4 is 5.73 Å². The van der Waals surface area contributed by atoms with Gasteiger partial charge in [0.1, 0.15) is 6.04 Å². The Labute approximate surface area is 118 Å². The normalized spacial score (nSPS) is 14.0. The summed E-state index contributed by atoms with van der Waals surface area (Å²) in [5.41, 5.74) is 6.35. The summed E-state index contributed by atoms with van der Waals surface area (Å²) in [6.07, 6.45) is -5.68. The Morgan fingerprint density at radius 2 is 1.19 bits per heavy atom. The van der Waals surface area contributed by atoms with Gasteiger partial charge in [-0.25, -0.2) is 0 Å². The molecule has 0 fully saturated rings. The molecule has 1 atom stereocenters.